The van der Waals surface area contributed by atoms with Gasteiger partial charge in [-0.05, 0) is 48.9 Å². The molecule has 0 aliphatic heterocycles. The van der Waals surface area contributed by atoms with E-state index in [0.717, 1.165) is 12.2 Å². The Morgan fingerprint density at radius 1 is 1.10 bits per heavy atom. The zero-order valence-electron chi connectivity index (χ0n) is 11.5. The molecule has 0 radical (unpaired) electrons. The minimum absolute atomic E-state index is 0.302. The fourth-order valence-corrected chi connectivity index (χ4v) is 2.52. The van der Waals surface area contributed by atoms with E-state index in [-0.39, 0.29) is 0 Å². The SMILES string of the molecule is NCCc1nnc(COc2ccc3c(c2)CCCC3)o1. The number of nitrogens with zero attached hydrogens (tertiary/aromatic N) is 2. The van der Waals surface area contributed by atoms with Crippen molar-refractivity contribution in [2.75, 3.05) is 6.54 Å². The van der Waals surface area contributed by atoms with E-state index in [9.17, 15) is 0 Å². The molecule has 0 saturated heterocycles. The van der Waals surface area contributed by atoms with Crippen molar-refractivity contribution >= 4 is 0 Å². The summed E-state index contributed by atoms with van der Waals surface area (Å²) < 4.78 is 11.2. The Bertz CT molecular complexity index is 580. The summed E-state index contributed by atoms with van der Waals surface area (Å²) in [5.74, 6) is 1.92. The summed E-state index contributed by atoms with van der Waals surface area (Å²) >= 11 is 0. The molecule has 1 aliphatic carbocycles. The predicted octanol–water partition coefficient (Wildman–Crippen LogP) is 2.03. The Labute approximate surface area is 118 Å². The van der Waals surface area contributed by atoms with Gasteiger partial charge in [-0.1, -0.05) is 6.07 Å². The molecule has 1 aromatic heterocycles. The Morgan fingerprint density at radius 2 is 1.90 bits per heavy atom. The Balaban J connectivity index is 1.62. The van der Waals surface area contributed by atoms with Crippen molar-refractivity contribution in [3.05, 3.63) is 41.1 Å². The van der Waals surface area contributed by atoms with Gasteiger partial charge in [0.05, 0.1) is 0 Å². The molecule has 0 saturated carbocycles. The van der Waals surface area contributed by atoms with Crippen molar-refractivity contribution in [3.63, 3.8) is 0 Å². The van der Waals surface area contributed by atoms with Crippen molar-refractivity contribution in [1.82, 2.24) is 10.2 Å². The number of fused-ring (bicyclic) bond motifs is 1. The molecule has 0 atom stereocenters. The van der Waals surface area contributed by atoms with Gasteiger partial charge in [0.25, 0.3) is 5.89 Å². The van der Waals surface area contributed by atoms with E-state index in [1.54, 1.807) is 0 Å². The molecule has 0 spiro atoms. The summed E-state index contributed by atoms with van der Waals surface area (Å²) in [5, 5.41) is 7.85. The third-order valence-electron chi connectivity index (χ3n) is 3.55. The van der Waals surface area contributed by atoms with Gasteiger partial charge in [0.2, 0.25) is 5.89 Å². The van der Waals surface area contributed by atoms with E-state index in [1.807, 2.05) is 6.07 Å². The van der Waals surface area contributed by atoms with Crippen LogP contribution in [0.5, 0.6) is 5.75 Å². The first-order chi connectivity index (χ1) is 9.85. The maximum atomic E-state index is 5.72. The van der Waals surface area contributed by atoms with Crippen LogP contribution in [-0.4, -0.2) is 16.7 Å². The lowest BCUT2D eigenvalue weighted by molar-refractivity contribution is 0.258. The third-order valence-corrected chi connectivity index (χ3v) is 3.55. The van der Waals surface area contributed by atoms with Crippen LogP contribution in [0.1, 0.15) is 35.7 Å². The van der Waals surface area contributed by atoms with Gasteiger partial charge in [-0.2, -0.15) is 0 Å². The van der Waals surface area contributed by atoms with Crippen molar-refractivity contribution < 1.29 is 9.15 Å². The average Bonchev–Trinajstić information content (AvgIpc) is 2.93. The van der Waals surface area contributed by atoms with Crippen LogP contribution < -0.4 is 10.5 Å². The Morgan fingerprint density at radius 3 is 2.75 bits per heavy atom. The van der Waals surface area contributed by atoms with Crippen LogP contribution in [0.3, 0.4) is 0 Å². The largest absolute Gasteiger partial charge is 0.484 e. The molecule has 5 heteroatoms. The number of nitrogens with two attached hydrogens (primary N) is 1. The van der Waals surface area contributed by atoms with E-state index in [0.29, 0.717) is 31.4 Å². The second-order valence-electron chi connectivity index (χ2n) is 5.05. The first-order valence-corrected chi connectivity index (χ1v) is 7.11. The lowest BCUT2D eigenvalue weighted by atomic mass is 9.92. The van der Waals surface area contributed by atoms with Gasteiger partial charge in [0.1, 0.15) is 5.75 Å². The molecule has 5 nitrogen and oxygen atoms in total. The smallest absolute Gasteiger partial charge is 0.253 e. The maximum absolute atomic E-state index is 5.72. The lowest BCUT2D eigenvalue weighted by Crippen LogP contribution is -2.03. The minimum atomic E-state index is 0.302. The Kier molecular flexibility index (Phi) is 3.97. The number of aryl methyl sites for hydroxylation is 2. The molecule has 1 aromatic carbocycles. The Hall–Kier alpha value is -1.88. The first-order valence-electron chi connectivity index (χ1n) is 7.11. The molecule has 3 rings (SSSR count). The summed E-state index contributed by atoms with van der Waals surface area (Å²) in [4.78, 5) is 0. The summed E-state index contributed by atoms with van der Waals surface area (Å²) in [5.41, 5.74) is 8.30. The van der Waals surface area contributed by atoms with Crippen LogP contribution in [0, 0.1) is 0 Å². The molecular formula is C15H19N3O2. The van der Waals surface area contributed by atoms with E-state index in [4.69, 9.17) is 14.9 Å². The van der Waals surface area contributed by atoms with Crippen LogP contribution >= 0.6 is 0 Å². The average molecular weight is 273 g/mol. The highest BCUT2D eigenvalue weighted by atomic mass is 16.5. The van der Waals surface area contributed by atoms with Gasteiger partial charge < -0.3 is 14.9 Å². The zero-order chi connectivity index (χ0) is 13.8. The number of hydrogen-bond acceptors (Lipinski definition) is 5. The van der Waals surface area contributed by atoms with E-state index in [2.05, 4.69) is 22.3 Å². The van der Waals surface area contributed by atoms with Gasteiger partial charge in [0, 0.05) is 13.0 Å². The van der Waals surface area contributed by atoms with Crippen LogP contribution in [0.15, 0.2) is 22.6 Å². The normalized spacial score (nSPS) is 14.1. The number of rotatable bonds is 5. The summed E-state index contributed by atoms with van der Waals surface area (Å²) in [6.07, 6.45) is 5.49. The molecule has 1 aliphatic rings. The molecule has 2 aromatic rings. The second kappa shape index (κ2) is 6.05. The molecule has 1 heterocycles. The molecule has 0 fully saturated rings. The van der Waals surface area contributed by atoms with Gasteiger partial charge in [-0.3, -0.25) is 0 Å². The predicted molar refractivity (Wildman–Crippen MR) is 74.5 cm³/mol. The van der Waals surface area contributed by atoms with Crippen LogP contribution in [0.25, 0.3) is 0 Å². The monoisotopic (exact) mass is 273 g/mol. The molecule has 20 heavy (non-hydrogen) atoms. The number of benzene rings is 1. The highest BCUT2D eigenvalue weighted by Gasteiger charge is 2.11. The van der Waals surface area contributed by atoms with E-state index >= 15 is 0 Å². The standard InChI is InChI=1S/C15H19N3O2/c16-8-7-14-17-18-15(20-14)10-19-13-6-5-11-3-1-2-4-12(11)9-13/h5-6,9H,1-4,7-8,10,16H2. The molecule has 0 bridgehead atoms. The second-order valence-corrected chi connectivity index (χ2v) is 5.05. The highest BCUT2D eigenvalue weighted by Crippen LogP contribution is 2.25. The van der Waals surface area contributed by atoms with Crippen molar-refractivity contribution in [3.8, 4) is 5.75 Å². The van der Waals surface area contributed by atoms with Crippen molar-refractivity contribution in [1.29, 1.82) is 0 Å². The van der Waals surface area contributed by atoms with Crippen molar-refractivity contribution in [2.45, 2.75) is 38.7 Å². The number of ether oxygens (including phenoxy) is 1. The van der Waals surface area contributed by atoms with Gasteiger partial charge >= 0.3 is 0 Å². The quantitative estimate of drug-likeness (QED) is 0.902. The summed E-state index contributed by atoms with van der Waals surface area (Å²) in [6, 6.07) is 6.31. The van der Waals surface area contributed by atoms with Crippen LogP contribution in [-0.2, 0) is 25.9 Å². The highest BCUT2D eigenvalue weighted by molar-refractivity contribution is 5.37. The van der Waals surface area contributed by atoms with Gasteiger partial charge in [-0.15, -0.1) is 10.2 Å². The van der Waals surface area contributed by atoms with E-state index in [1.165, 1.54) is 30.4 Å². The van der Waals surface area contributed by atoms with Gasteiger partial charge in [-0.25, -0.2) is 0 Å². The van der Waals surface area contributed by atoms with Crippen LogP contribution in [0.2, 0.25) is 0 Å². The molecule has 0 unspecified atom stereocenters. The fraction of sp³-hybridized carbons (Fsp3) is 0.467. The topological polar surface area (TPSA) is 74.2 Å². The fourth-order valence-electron chi connectivity index (χ4n) is 2.52. The summed E-state index contributed by atoms with van der Waals surface area (Å²) in [7, 11) is 0. The summed E-state index contributed by atoms with van der Waals surface area (Å²) in [6.45, 7) is 0.809. The minimum Gasteiger partial charge on any atom is -0.484 e. The van der Waals surface area contributed by atoms with Crippen LogP contribution in [0.4, 0.5) is 0 Å². The third kappa shape index (κ3) is 2.99. The van der Waals surface area contributed by atoms with Gasteiger partial charge in [0.15, 0.2) is 6.61 Å². The molecular weight excluding hydrogens is 254 g/mol. The lowest BCUT2D eigenvalue weighted by Gasteiger charge is -2.16. The zero-order valence-corrected chi connectivity index (χ0v) is 11.5. The molecule has 2 N–H and O–H groups in total. The van der Waals surface area contributed by atoms with Crippen molar-refractivity contribution in [2.24, 2.45) is 5.73 Å². The number of hydrogen-bond donors (Lipinski definition) is 1. The molecule has 106 valence electrons. The van der Waals surface area contributed by atoms with E-state index < -0.39 is 0 Å². The number of aromatic nitrogens is 2. The molecule has 0 amide bonds. The maximum Gasteiger partial charge on any atom is 0.253 e. The first kappa shape index (κ1) is 13.1.